The number of non-ortho nitro benzene ring substituents is 1. The minimum Gasteiger partial charge on any atom is -0.378 e. The average molecular weight is 509 g/mol. The molecule has 1 atom stereocenters. The highest BCUT2D eigenvalue weighted by molar-refractivity contribution is 7.07. The number of thiazole rings is 1. The SMILES string of the molecule is CN(C)c1ccc(C=c2sc3n(c2=O)C(c2cccc([N+](=O)[O-])c2)C2=C(N=3)c3ccccc3CC2)cc1. The van der Waals surface area contributed by atoms with Crippen molar-refractivity contribution in [3.05, 3.63) is 130 Å². The van der Waals surface area contributed by atoms with Gasteiger partial charge in [0.05, 0.1) is 21.2 Å². The molecule has 0 spiro atoms. The lowest BCUT2D eigenvalue weighted by Gasteiger charge is -2.30. The summed E-state index contributed by atoms with van der Waals surface area (Å²) < 4.78 is 2.30. The van der Waals surface area contributed by atoms with Gasteiger partial charge in [-0.05, 0) is 53.3 Å². The van der Waals surface area contributed by atoms with Crippen LogP contribution in [0.5, 0.6) is 0 Å². The van der Waals surface area contributed by atoms with Gasteiger partial charge in [-0.25, -0.2) is 4.99 Å². The van der Waals surface area contributed by atoms with Crippen LogP contribution in [0, 0.1) is 10.1 Å². The summed E-state index contributed by atoms with van der Waals surface area (Å²) in [5, 5.41) is 11.6. The van der Waals surface area contributed by atoms with Crippen LogP contribution >= 0.6 is 11.3 Å². The van der Waals surface area contributed by atoms with Crippen molar-refractivity contribution >= 4 is 34.5 Å². The lowest BCUT2D eigenvalue weighted by atomic mass is 9.83. The molecule has 1 aliphatic heterocycles. The van der Waals surface area contributed by atoms with Gasteiger partial charge in [0.2, 0.25) is 0 Å². The molecule has 184 valence electrons. The van der Waals surface area contributed by atoms with Gasteiger partial charge in [0, 0.05) is 37.5 Å². The minimum atomic E-state index is -0.447. The summed E-state index contributed by atoms with van der Waals surface area (Å²) in [4.78, 5) is 32.6. The summed E-state index contributed by atoms with van der Waals surface area (Å²) >= 11 is 1.36. The molecular weight excluding hydrogens is 484 g/mol. The molecule has 2 heterocycles. The van der Waals surface area contributed by atoms with E-state index in [0.717, 1.165) is 46.5 Å². The van der Waals surface area contributed by atoms with Crippen LogP contribution in [0.2, 0.25) is 0 Å². The fourth-order valence-electron chi connectivity index (χ4n) is 5.15. The van der Waals surface area contributed by atoms with Gasteiger partial charge in [-0.15, -0.1) is 0 Å². The van der Waals surface area contributed by atoms with Gasteiger partial charge in [0.1, 0.15) is 0 Å². The van der Waals surface area contributed by atoms with Crippen LogP contribution < -0.4 is 19.8 Å². The molecule has 0 saturated heterocycles. The van der Waals surface area contributed by atoms with Crippen LogP contribution in [-0.4, -0.2) is 23.6 Å². The molecule has 0 N–H and O–H groups in total. The van der Waals surface area contributed by atoms with Crippen molar-refractivity contribution in [1.29, 1.82) is 0 Å². The predicted octanol–water partition coefficient (Wildman–Crippen LogP) is 4.29. The van der Waals surface area contributed by atoms with Gasteiger partial charge >= 0.3 is 0 Å². The molecular formula is C29H24N4O3S. The molecule has 8 heteroatoms. The number of aryl methyl sites for hydroxylation is 1. The molecule has 2 aliphatic rings. The fraction of sp³-hybridized carbons (Fsp3) is 0.172. The number of fused-ring (bicyclic) bond motifs is 3. The zero-order valence-corrected chi connectivity index (χ0v) is 21.2. The Hall–Kier alpha value is -4.30. The molecule has 0 amide bonds. The third-order valence-corrected chi connectivity index (χ3v) is 7.96. The Bertz CT molecular complexity index is 1760. The quantitative estimate of drug-likeness (QED) is 0.304. The van der Waals surface area contributed by atoms with E-state index in [1.54, 1.807) is 16.7 Å². The standard InChI is InChI=1S/C29H24N4O3S/c1-31(2)21-13-10-18(11-14-21)16-25-28(34)32-27(20-7-5-8-22(17-20)33(35)36)24-15-12-19-6-3-4-9-23(19)26(24)30-29(32)37-25/h3-11,13-14,16-17,27H,12,15H2,1-2H3. The van der Waals surface area contributed by atoms with Crippen LogP contribution in [0.15, 0.2) is 88.2 Å². The van der Waals surface area contributed by atoms with Gasteiger partial charge < -0.3 is 4.90 Å². The van der Waals surface area contributed by atoms with Gasteiger partial charge in [-0.3, -0.25) is 19.5 Å². The van der Waals surface area contributed by atoms with Gasteiger partial charge in [-0.2, -0.15) is 0 Å². The van der Waals surface area contributed by atoms with Crippen LogP contribution in [-0.2, 0) is 6.42 Å². The first-order valence-electron chi connectivity index (χ1n) is 12.1. The van der Waals surface area contributed by atoms with Gasteiger partial charge in [0.25, 0.3) is 11.2 Å². The maximum absolute atomic E-state index is 13.8. The molecule has 1 aliphatic carbocycles. The topological polar surface area (TPSA) is 80.7 Å². The maximum Gasteiger partial charge on any atom is 0.271 e. The second-order valence-electron chi connectivity index (χ2n) is 9.45. The van der Waals surface area contributed by atoms with E-state index in [2.05, 4.69) is 12.1 Å². The summed E-state index contributed by atoms with van der Waals surface area (Å²) in [6.07, 6.45) is 3.46. The number of hydrogen-bond donors (Lipinski definition) is 0. The first-order chi connectivity index (χ1) is 17.9. The molecule has 0 bridgehead atoms. The summed E-state index contributed by atoms with van der Waals surface area (Å²) in [5.41, 5.74) is 6.79. The third-order valence-electron chi connectivity index (χ3n) is 6.98. The zero-order chi connectivity index (χ0) is 25.7. The van der Waals surface area contributed by atoms with E-state index in [-0.39, 0.29) is 11.2 Å². The highest BCUT2D eigenvalue weighted by Crippen LogP contribution is 2.41. The first-order valence-corrected chi connectivity index (χ1v) is 12.9. The Balaban J connectivity index is 1.58. The van der Waals surface area contributed by atoms with Crippen molar-refractivity contribution in [3.63, 3.8) is 0 Å². The molecule has 3 aromatic carbocycles. The van der Waals surface area contributed by atoms with Gasteiger partial charge in [0.15, 0.2) is 4.80 Å². The first kappa shape index (κ1) is 23.1. The Labute approximate surface area is 217 Å². The summed E-state index contributed by atoms with van der Waals surface area (Å²) in [7, 11) is 3.97. The van der Waals surface area contributed by atoms with E-state index < -0.39 is 11.0 Å². The number of nitrogens with zero attached hydrogens (tertiary/aromatic N) is 4. The third kappa shape index (κ3) is 3.99. The smallest absolute Gasteiger partial charge is 0.271 e. The van der Waals surface area contributed by atoms with Crippen molar-refractivity contribution in [2.45, 2.75) is 18.9 Å². The maximum atomic E-state index is 13.8. The molecule has 37 heavy (non-hydrogen) atoms. The number of nitro groups is 1. The molecule has 0 radical (unpaired) electrons. The number of rotatable bonds is 4. The van der Waals surface area contributed by atoms with Crippen molar-refractivity contribution < 1.29 is 4.92 Å². The second-order valence-corrected chi connectivity index (χ2v) is 10.5. The van der Waals surface area contributed by atoms with Crippen LogP contribution in [0.3, 0.4) is 0 Å². The highest BCUT2D eigenvalue weighted by Gasteiger charge is 2.33. The number of benzene rings is 3. The van der Waals surface area contributed by atoms with Crippen LogP contribution in [0.4, 0.5) is 11.4 Å². The molecule has 6 rings (SSSR count). The number of allylic oxidation sites excluding steroid dienone is 1. The second kappa shape index (κ2) is 8.97. The van der Waals surface area contributed by atoms with E-state index in [9.17, 15) is 14.9 Å². The van der Waals surface area contributed by atoms with E-state index >= 15 is 0 Å². The van der Waals surface area contributed by atoms with Crippen LogP contribution in [0.1, 0.15) is 34.7 Å². The van der Waals surface area contributed by atoms with Gasteiger partial charge in [-0.1, -0.05) is 59.9 Å². The molecule has 7 nitrogen and oxygen atoms in total. The summed E-state index contributed by atoms with van der Waals surface area (Å²) in [6, 6.07) is 22.4. The highest BCUT2D eigenvalue weighted by atomic mass is 32.1. The number of aromatic nitrogens is 1. The van der Waals surface area contributed by atoms with E-state index in [1.165, 1.54) is 23.0 Å². The van der Waals surface area contributed by atoms with Crippen molar-refractivity contribution in [3.8, 4) is 0 Å². The predicted molar refractivity (Wildman–Crippen MR) is 147 cm³/mol. The molecule has 0 fully saturated rings. The Morgan fingerprint density at radius 3 is 2.59 bits per heavy atom. The zero-order valence-electron chi connectivity index (χ0n) is 20.4. The number of hydrogen-bond acceptors (Lipinski definition) is 6. The van der Waals surface area contributed by atoms with E-state index in [0.29, 0.717) is 9.33 Å². The number of anilines is 1. The fourth-order valence-corrected chi connectivity index (χ4v) is 6.15. The molecule has 1 aromatic heterocycles. The van der Waals surface area contributed by atoms with Crippen molar-refractivity contribution in [1.82, 2.24) is 4.57 Å². The normalized spacial score (nSPS) is 16.5. The summed E-state index contributed by atoms with van der Waals surface area (Å²) in [5.74, 6) is 0. The molecule has 1 unspecified atom stereocenters. The Kier molecular flexibility index (Phi) is 5.61. The van der Waals surface area contributed by atoms with Crippen molar-refractivity contribution in [2.75, 3.05) is 19.0 Å². The Morgan fingerprint density at radius 1 is 1.05 bits per heavy atom. The lowest BCUT2D eigenvalue weighted by molar-refractivity contribution is -0.384. The lowest BCUT2D eigenvalue weighted by Crippen LogP contribution is -2.38. The largest absolute Gasteiger partial charge is 0.378 e. The summed E-state index contributed by atoms with van der Waals surface area (Å²) in [6.45, 7) is 0. The molecule has 4 aromatic rings. The van der Waals surface area contributed by atoms with Crippen LogP contribution in [0.25, 0.3) is 11.8 Å². The van der Waals surface area contributed by atoms with Crippen molar-refractivity contribution in [2.24, 2.45) is 4.99 Å². The monoisotopic (exact) mass is 508 g/mol. The molecule has 0 saturated carbocycles. The van der Waals surface area contributed by atoms with E-state index in [1.807, 2.05) is 67.5 Å². The number of nitro benzene ring substituents is 1. The average Bonchev–Trinajstić information content (AvgIpc) is 3.22. The van der Waals surface area contributed by atoms with E-state index in [4.69, 9.17) is 4.99 Å². The Morgan fingerprint density at radius 2 is 1.84 bits per heavy atom. The minimum absolute atomic E-state index is 0.0102.